The second kappa shape index (κ2) is 7.79. The molecule has 20 heavy (non-hydrogen) atoms. The summed E-state index contributed by atoms with van der Waals surface area (Å²) in [5, 5.41) is 11.5. The standard InChI is InChI=1S/C14H20F2N2O2/c1-2-3-9(4-5-19)8-18-14(20)10-6-13(17)12(16)7-11(10)15/h6-7,9,19H,2-5,8,17H2,1H3,(H,18,20). The first-order valence-electron chi connectivity index (χ1n) is 6.63. The van der Waals surface area contributed by atoms with Crippen LogP contribution in [0.25, 0.3) is 0 Å². The summed E-state index contributed by atoms with van der Waals surface area (Å²) in [5.41, 5.74) is 4.78. The van der Waals surface area contributed by atoms with E-state index in [1.165, 1.54) is 0 Å². The molecule has 1 rings (SSSR count). The zero-order valence-electron chi connectivity index (χ0n) is 11.5. The number of anilines is 1. The summed E-state index contributed by atoms with van der Waals surface area (Å²) >= 11 is 0. The predicted molar refractivity (Wildman–Crippen MR) is 73.2 cm³/mol. The van der Waals surface area contributed by atoms with Crippen molar-refractivity contribution in [3.63, 3.8) is 0 Å². The Morgan fingerprint density at radius 1 is 1.35 bits per heavy atom. The van der Waals surface area contributed by atoms with Gasteiger partial charge in [0.05, 0.1) is 11.3 Å². The Morgan fingerprint density at radius 2 is 2.05 bits per heavy atom. The fourth-order valence-corrected chi connectivity index (χ4v) is 2.01. The van der Waals surface area contributed by atoms with E-state index < -0.39 is 17.5 Å². The van der Waals surface area contributed by atoms with E-state index in [1.807, 2.05) is 6.92 Å². The lowest BCUT2D eigenvalue weighted by atomic mass is 10.00. The molecule has 1 unspecified atom stereocenters. The van der Waals surface area contributed by atoms with Crippen LogP contribution < -0.4 is 11.1 Å². The molecule has 6 heteroatoms. The molecular weight excluding hydrogens is 266 g/mol. The van der Waals surface area contributed by atoms with Crippen molar-refractivity contribution < 1.29 is 18.7 Å². The highest BCUT2D eigenvalue weighted by Crippen LogP contribution is 2.17. The van der Waals surface area contributed by atoms with Gasteiger partial charge < -0.3 is 16.2 Å². The van der Waals surface area contributed by atoms with Gasteiger partial charge in [-0.1, -0.05) is 13.3 Å². The number of nitrogen functional groups attached to an aromatic ring is 1. The van der Waals surface area contributed by atoms with Crippen LogP contribution in [0, 0.1) is 17.6 Å². The fraction of sp³-hybridized carbons (Fsp3) is 0.500. The average Bonchev–Trinajstić information content (AvgIpc) is 2.40. The van der Waals surface area contributed by atoms with E-state index in [4.69, 9.17) is 10.8 Å². The Labute approximate surface area is 117 Å². The minimum atomic E-state index is -0.941. The van der Waals surface area contributed by atoms with E-state index in [1.54, 1.807) is 0 Å². The number of carbonyl (C=O) groups is 1. The Kier molecular flexibility index (Phi) is 6.38. The number of benzene rings is 1. The van der Waals surface area contributed by atoms with Crippen LogP contribution in [0.5, 0.6) is 0 Å². The topological polar surface area (TPSA) is 75.3 Å². The van der Waals surface area contributed by atoms with Crippen LogP contribution in [0.3, 0.4) is 0 Å². The molecule has 0 spiro atoms. The molecule has 0 aliphatic rings. The first-order valence-corrected chi connectivity index (χ1v) is 6.63. The molecule has 0 bridgehead atoms. The molecule has 0 saturated heterocycles. The van der Waals surface area contributed by atoms with E-state index in [0.717, 1.165) is 18.9 Å². The monoisotopic (exact) mass is 286 g/mol. The minimum Gasteiger partial charge on any atom is -0.396 e. The van der Waals surface area contributed by atoms with Gasteiger partial charge in [-0.3, -0.25) is 4.79 Å². The SMILES string of the molecule is CCCC(CCO)CNC(=O)c1cc(N)c(F)cc1F. The lowest BCUT2D eigenvalue weighted by molar-refractivity contribution is 0.0939. The Bertz CT molecular complexity index is 461. The zero-order chi connectivity index (χ0) is 15.1. The van der Waals surface area contributed by atoms with Gasteiger partial charge in [-0.15, -0.1) is 0 Å². The summed E-state index contributed by atoms with van der Waals surface area (Å²) in [4.78, 5) is 11.9. The number of halogens is 2. The highest BCUT2D eigenvalue weighted by Gasteiger charge is 2.16. The number of aliphatic hydroxyl groups is 1. The number of hydrogen-bond donors (Lipinski definition) is 3. The molecule has 1 aromatic rings. The third kappa shape index (κ3) is 4.45. The summed E-state index contributed by atoms with van der Waals surface area (Å²) in [6.07, 6.45) is 2.36. The fourth-order valence-electron chi connectivity index (χ4n) is 2.01. The third-order valence-electron chi connectivity index (χ3n) is 3.12. The van der Waals surface area contributed by atoms with E-state index in [2.05, 4.69) is 5.32 Å². The zero-order valence-corrected chi connectivity index (χ0v) is 11.5. The molecule has 112 valence electrons. The van der Waals surface area contributed by atoms with Gasteiger partial charge in [-0.05, 0) is 24.8 Å². The van der Waals surface area contributed by atoms with E-state index >= 15 is 0 Å². The van der Waals surface area contributed by atoms with Crippen LogP contribution in [0.1, 0.15) is 36.5 Å². The van der Waals surface area contributed by atoms with Crippen LogP contribution in [0.2, 0.25) is 0 Å². The van der Waals surface area contributed by atoms with E-state index in [9.17, 15) is 13.6 Å². The number of hydrogen-bond acceptors (Lipinski definition) is 3. The number of nitrogens with one attached hydrogen (secondary N) is 1. The number of nitrogens with two attached hydrogens (primary N) is 1. The van der Waals surface area contributed by atoms with Crippen LogP contribution >= 0.6 is 0 Å². The number of carbonyl (C=O) groups excluding carboxylic acids is 1. The molecular formula is C14H20F2N2O2. The maximum absolute atomic E-state index is 13.5. The highest BCUT2D eigenvalue weighted by atomic mass is 19.1. The molecule has 0 radical (unpaired) electrons. The quantitative estimate of drug-likeness (QED) is 0.672. The summed E-state index contributed by atoms with van der Waals surface area (Å²) < 4.78 is 26.5. The number of amides is 1. The smallest absolute Gasteiger partial charge is 0.254 e. The molecule has 1 atom stereocenters. The minimum absolute atomic E-state index is 0.0401. The first kappa shape index (κ1) is 16.4. The van der Waals surface area contributed by atoms with Gasteiger partial charge >= 0.3 is 0 Å². The normalized spacial score (nSPS) is 12.2. The molecule has 0 saturated carbocycles. The van der Waals surface area contributed by atoms with Crippen LogP contribution in [-0.4, -0.2) is 24.2 Å². The molecule has 0 aromatic heterocycles. The Balaban J connectivity index is 2.69. The van der Waals surface area contributed by atoms with Gasteiger partial charge in [0.15, 0.2) is 0 Å². The van der Waals surface area contributed by atoms with Gasteiger partial charge in [-0.25, -0.2) is 8.78 Å². The largest absolute Gasteiger partial charge is 0.396 e. The second-order valence-corrected chi connectivity index (χ2v) is 4.73. The lowest BCUT2D eigenvalue weighted by Crippen LogP contribution is -2.30. The summed E-state index contributed by atoms with van der Waals surface area (Å²) in [7, 11) is 0. The van der Waals surface area contributed by atoms with Gasteiger partial charge in [0.2, 0.25) is 0 Å². The van der Waals surface area contributed by atoms with Crippen molar-refractivity contribution in [2.24, 2.45) is 5.92 Å². The maximum Gasteiger partial charge on any atom is 0.254 e. The van der Waals surface area contributed by atoms with Crippen molar-refractivity contribution in [3.8, 4) is 0 Å². The number of aliphatic hydroxyl groups excluding tert-OH is 1. The average molecular weight is 286 g/mol. The van der Waals surface area contributed by atoms with Crippen molar-refractivity contribution in [2.75, 3.05) is 18.9 Å². The molecule has 1 amide bonds. The highest BCUT2D eigenvalue weighted by molar-refractivity contribution is 5.95. The molecule has 4 nitrogen and oxygen atoms in total. The van der Waals surface area contributed by atoms with Crippen molar-refractivity contribution >= 4 is 11.6 Å². The third-order valence-corrected chi connectivity index (χ3v) is 3.12. The molecule has 0 aliphatic heterocycles. The van der Waals surface area contributed by atoms with Gasteiger partial charge in [0.25, 0.3) is 5.91 Å². The second-order valence-electron chi connectivity index (χ2n) is 4.73. The van der Waals surface area contributed by atoms with Crippen molar-refractivity contribution in [1.29, 1.82) is 0 Å². The summed E-state index contributed by atoms with van der Waals surface area (Å²) in [6.45, 7) is 2.38. The molecule has 0 heterocycles. The van der Waals surface area contributed by atoms with Gasteiger partial charge in [-0.2, -0.15) is 0 Å². The van der Waals surface area contributed by atoms with Crippen molar-refractivity contribution in [2.45, 2.75) is 26.2 Å². The molecule has 0 aliphatic carbocycles. The van der Waals surface area contributed by atoms with Crippen molar-refractivity contribution in [1.82, 2.24) is 5.32 Å². The van der Waals surface area contributed by atoms with Crippen LogP contribution in [0.4, 0.5) is 14.5 Å². The Morgan fingerprint density at radius 3 is 2.65 bits per heavy atom. The maximum atomic E-state index is 13.5. The van der Waals surface area contributed by atoms with E-state index in [-0.39, 0.29) is 23.8 Å². The van der Waals surface area contributed by atoms with Gasteiger partial charge in [0.1, 0.15) is 11.6 Å². The number of rotatable bonds is 7. The summed E-state index contributed by atoms with van der Waals surface area (Å²) in [6, 6.07) is 1.59. The Hall–Kier alpha value is -1.69. The molecule has 4 N–H and O–H groups in total. The van der Waals surface area contributed by atoms with E-state index in [0.29, 0.717) is 19.0 Å². The molecule has 1 aromatic carbocycles. The first-order chi connectivity index (χ1) is 9.49. The van der Waals surface area contributed by atoms with Crippen LogP contribution in [-0.2, 0) is 0 Å². The predicted octanol–water partition coefficient (Wildman–Crippen LogP) is 2.08. The van der Waals surface area contributed by atoms with Gasteiger partial charge in [0, 0.05) is 19.2 Å². The summed E-state index contributed by atoms with van der Waals surface area (Å²) in [5.74, 6) is -2.32. The van der Waals surface area contributed by atoms with Crippen molar-refractivity contribution in [3.05, 3.63) is 29.3 Å². The lowest BCUT2D eigenvalue weighted by Gasteiger charge is -2.16. The molecule has 0 fully saturated rings. The van der Waals surface area contributed by atoms with Crippen LogP contribution in [0.15, 0.2) is 12.1 Å².